The molecule has 148 valence electrons. The second kappa shape index (κ2) is 8.19. The summed E-state index contributed by atoms with van der Waals surface area (Å²) >= 11 is 0. The minimum atomic E-state index is -0.235. The van der Waals surface area contributed by atoms with Crippen molar-refractivity contribution < 1.29 is 19.1 Å². The third-order valence-electron chi connectivity index (χ3n) is 5.48. The van der Waals surface area contributed by atoms with Gasteiger partial charge in [0.25, 0.3) is 0 Å². The first kappa shape index (κ1) is 19.5. The van der Waals surface area contributed by atoms with Crippen molar-refractivity contribution in [2.24, 2.45) is 11.8 Å². The first-order chi connectivity index (χ1) is 12.9. The first-order valence-electron chi connectivity index (χ1n) is 9.74. The predicted octanol–water partition coefficient (Wildman–Crippen LogP) is 2.87. The first-order valence-corrected chi connectivity index (χ1v) is 9.74. The summed E-state index contributed by atoms with van der Waals surface area (Å²) in [6, 6.07) is 5.74. The molecule has 6 heteroatoms. The molecule has 1 aromatic carbocycles. The molecule has 2 atom stereocenters. The Bertz CT molecular complexity index is 703. The molecular formula is C21H30N2O4. The molecule has 0 saturated carbocycles. The molecule has 0 spiro atoms. The fourth-order valence-electron chi connectivity index (χ4n) is 4.24. The molecule has 0 radical (unpaired) electrons. The van der Waals surface area contributed by atoms with Crippen molar-refractivity contribution in [2.45, 2.75) is 39.2 Å². The smallest absolute Gasteiger partial charge is 0.228 e. The van der Waals surface area contributed by atoms with E-state index in [4.69, 9.17) is 9.47 Å². The zero-order chi connectivity index (χ0) is 19.6. The van der Waals surface area contributed by atoms with Gasteiger partial charge in [0.05, 0.1) is 26.2 Å². The van der Waals surface area contributed by atoms with Gasteiger partial charge in [-0.05, 0) is 30.9 Å². The number of hydrogen-bond donors (Lipinski definition) is 0. The van der Waals surface area contributed by atoms with E-state index in [2.05, 4.69) is 13.8 Å². The van der Waals surface area contributed by atoms with Crippen LogP contribution in [0.15, 0.2) is 18.2 Å². The van der Waals surface area contributed by atoms with E-state index < -0.39 is 0 Å². The lowest BCUT2D eigenvalue weighted by molar-refractivity contribution is -0.136. The number of nitrogens with zero attached hydrogens (tertiary/aromatic N) is 2. The van der Waals surface area contributed by atoms with Gasteiger partial charge >= 0.3 is 0 Å². The molecule has 2 unspecified atom stereocenters. The number of carbonyl (C=O) groups excluding carboxylic acids is 2. The number of carbonyl (C=O) groups is 2. The van der Waals surface area contributed by atoms with E-state index in [1.807, 2.05) is 28.0 Å². The lowest BCUT2D eigenvalue weighted by Gasteiger charge is -2.29. The van der Waals surface area contributed by atoms with Gasteiger partial charge < -0.3 is 19.3 Å². The summed E-state index contributed by atoms with van der Waals surface area (Å²) < 4.78 is 10.8. The molecule has 0 aliphatic carbocycles. The Labute approximate surface area is 161 Å². The predicted molar refractivity (Wildman–Crippen MR) is 103 cm³/mol. The minimum Gasteiger partial charge on any atom is -0.497 e. The molecule has 3 rings (SSSR count). The van der Waals surface area contributed by atoms with Crippen molar-refractivity contribution in [2.75, 3.05) is 33.9 Å². The zero-order valence-electron chi connectivity index (χ0n) is 16.7. The van der Waals surface area contributed by atoms with Crippen LogP contribution in [0.25, 0.3) is 0 Å². The molecule has 2 fully saturated rings. The summed E-state index contributed by atoms with van der Waals surface area (Å²) in [5, 5.41) is 0. The highest BCUT2D eigenvalue weighted by molar-refractivity contribution is 5.89. The molecule has 1 aromatic rings. The van der Waals surface area contributed by atoms with E-state index in [1.165, 1.54) is 0 Å². The summed E-state index contributed by atoms with van der Waals surface area (Å²) in [6.45, 7) is 6.18. The van der Waals surface area contributed by atoms with E-state index in [-0.39, 0.29) is 23.8 Å². The summed E-state index contributed by atoms with van der Waals surface area (Å²) in [7, 11) is 3.26. The molecule has 2 aliphatic rings. The summed E-state index contributed by atoms with van der Waals surface area (Å²) in [6.07, 6.45) is 2.20. The van der Waals surface area contributed by atoms with Crippen LogP contribution in [0.4, 0.5) is 0 Å². The molecule has 2 saturated heterocycles. The standard InChI is InChI=1S/C21H30N2O4/c1-14(2)12-22-13-15(10-20(22)24)21(25)23-9-5-6-18(23)17-8-7-16(26-3)11-19(17)27-4/h7-8,11,14-15,18H,5-6,9-10,12-13H2,1-4H3. The van der Waals surface area contributed by atoms with Gasteiger partial charge in [-0.25, -0.2) is 0 Å². The SMILES string of the molecule is COc1ccc(C2CCCN2C(=O)C2CC(=O)N(CC(C)C)C2)c(OC)c1. The van der Waals surface area contributed by atoms with Crippen molar-refractivity contribution in [1.82, 2.24) is 9.80 Å². The van der Waals surface area contributed by atoms with Crippen LogP contribution in [0, 0.1) is 11.8 Å². The highest BCUT2D eigenvalue weighted by atomic mass is 16.5. The molecule has 27 heavy (non-hydrogen) atoms. The van der Waals surface area contributed by atoms with Gasteiger partial charge in [-0.15, -0.1) is 0 Å². The number of rotatable bonds is 6. The maximum absolute atomic E-state index is 13.2. The maximum atomic E-state index is 13.2. The Kier molecular flexibility index (Phi) is 5.92. The van der Waals surface area contributed by atoms with E-state index in [9.17, 15) is 9.59 Å². The largest absolute Gasteiger partial charge is 0.497 e. The van der Waals surface area contributed by atoms with Gasteiger partial charge in [0, 0.05) is 37.7 Å². The fourth-order valence-corrected chi connectivity index (χ4v) is 4.24. The molecule has 0 bridgehead atoms. The van der Waals surface area contributed by atoms with E-state index in [0.29, 0.717) is 18.9 Å². The quantitative estimate of drug-likeness (QED) is 0.768. The van der Waals surface area contributed by atoms with Crippen molar-refractivity contribution in [1.29, 1.82) is 0 Å². The average Bonchev–Trinajstić information content (AvgIpc) is 3.27. The summed E-state index contributed by atoms with van der Waals surface area (Å²) in [4.78, 5) is 29.3. The molecular weight excluding hydrogens is 344 g/mol. The van der Waals surface area contributed by atoms with Crippen LogP contribution in [0.1, 0.15) is 44.7 Å². The Morgan fingerprint density at radius 2 is 2.04 bits per heavy atom. The Morgan fingerprint density at radius 1 is 1.26 bits per heavy atom. The van der Waals surface area contributed by atoms with Crippen LogP contribution < -0.4 is 9.47 Å². The van der Waals surface area contributed by atoms with Gasteiger partial charge in [-0.2, -0.15) is 0 Å². The molecule has 6 nitrogen and oxygen atoms in total. The normalized spacial score (nSPS) is 22.6. The number of methoxy groups -OCH3 is 2. The Morgan fingerprint density at radius 3 is 2.70 bits per heavy atom. The fraction of sp³-hybridized carbons (Fsp3) is 0.619. The van der Waals surface area contributed by atoms with Gasteiger partial charge in [-0.1, -0.05) is 13.8 Å². The number of amides is 2. The van der Waals surface area contributed by atoms with Crippen LogP contribution in [0.3, 0.4) is 0 Å². The monoisotopic (exact) mass is 374 g/mol. The van der Waals surface area contributed by atoms with Crippen molar-refractivity contribution in [3.63, 3.8) is 0 Å². The highest BCUT2D eigenvalue weighted by Crippen LogP contribution is 2.40. The summed E-state index contributed by atoms with van der Waals surface area (Å²) in [5.41, 5.74) is 1.01. The van der Waals surface area contributed by atoms with E-state index >= 15 is 0 Å². The average molecular weight is 374 g/mol. The van der Waals surface area contributed by atoms with Crippen molar-refractivity contribution in [3.8, 4) is 11.5 Å². The molecule has 0 aromatic heterocycles. The van der Waals surface area contributed by atoms with Crippen LogP contribution in [0.2, 0.25) is 0 Å². The van der Waals surface area contributed by atoms with Crippen LogP contribution >= 0.6 is 0 Å². The molecule has 2 heterocycles. The second-order valence-corrected chi connectivity index (χ2v) is 7.89. The van der Waals surface area contributed by atoms with Gasteiger partial charge in [0.1, 0.15) is 11.5 Å². The molecule has 2 amide bonds. The number of hydrogen-bond acceptors (Lipinski definition) is 4. The third kappa shape index (κ3) is 4.04. The van der Waals surface area contributed by atoms with E-state index in [1.54, 1.807) is 14.2 Å². The van der Waals surface area contributed by atoms with Gasteiger partial charge in [0.2, 0.25) is 11.8 Å². The number of benzene rings is 1. The van der Waals surface area contributed by atoms with Gasteiger partial charge in [-0.3, -0.25) is 9.59 Å². The molecule has 0 N–H and O–H groups in total. The highest BCUT2D eigenvalue weighted by Gasteiger charge is 2.40. The minimum absolute atomic E-state index is 0.00685. The summed E-state index contributed by atoms with van der Waals surface area (Å²) in [5.74, 6) is 1.84. The van der Waals surface area contributed by atoms with E-state index in [0.717, 1.165) is 43.0 Å². The van der Waals surface area contributed by atoms with Crippen LogP contribution in [0.5, 0.6) is 11.5 Å². The Hall–Kier alpha value is -2.24. The maximum Gasteiger partial charge on any atom is 0.228 e. The topological polar surface area (TPSA) is 59.1 Å². The lowest BCUT2D eigenvalue weighted by atomic mass is 10.0. The number of likely N-dealkylation sites (tertiary alicyclic amines) is 2. The molecule has 2 aliphatic heterocycles. The zero-order valence-corrected chi connectivity index (χ0v) is 16.7. The van der Waals surface area contributed by atoms with Crippen LogP contribution in [-0.4, -0.2) is 55.5 Å². The Balaban J connectivity index is 1.77. The van der Waals surface area contributed by atoms with Crippen molar-refractivity contribution in [3.05, 3.63) is 23.8 Å². The lowest BCUT2D eigenvalue weighted by Crippen LogP contribution is -2.37. The van der Waals surface area contributed by atoms with Crippen molar-refractivity contribution >= 4 is 11.8 Å². The third-order valence-corrected chi connectivity index (χ3v) is 5.48. The van der Waals surface area contributed by atoms with Gasteiger partial charge in [0.15, 0.2) is 0 Å². The second-order valence-electron chi connectivity index (χ2n) is 7.89. The van der Waals surface area contributed by atoms with Crippen LogP contribution in [-0.2, 0) is 9.59 Å². The number of ether oxygens (including phenoxy) is 2.